The fourth-order valence-electron chi connectivity index (χ4n) is 1.71. The number of nitro groups is 1. The Hall–Kier alpha value is -0.840. The Morgan fingerprint density at radius 3 is 2.25 bits per heavy atom. The van der Waals surface area contributed by atoms with Gasteiger partial charge in [-0.25, -0.2) is 0 Å². The molecular weight excluding hydrogens is 407 g/mol. The van der Waals surface area contributed by atoms with Crippen molar-refractivity contribution in [3.63, 3.8) is 0 Å². The van der Waals surface area contributed by atoms with Crippen LogP contribution in [0.5, 0.6) is 5.75 Å². The molecule has 2 atom stereocenters. The smallest absolute Gasteiger partial charge is 0.336 e. The number of rotatable bonds is 8. The van der Waals surface area contributed by atoms with Crippen LogP contribution in [0.1, 0.15) is 18.5 Å². The van der Waals surface area contributed by atoms with Crippen LogP contribution in [0, 0.1) is 10.1 Å². The third-order valence-corrected chi connectivity index (χ3v) is 4.24. The van der Waals surface area contributed by atoms with E-state index in [1.54, 1.807) is 12.1 Å². The Kier molecular flexibility index (Phi) is 7.51. The van der Waals surface area contributed by atoms with Crippen molar-refractivity contribution in [1.29, 1.82) is 0 Å². The minimum Gasteiger partial charge on any atom is -0.497 e. The van der Waals surface area contributed by atoms with Crippen LogP contribution in [-0.2, 0) is 14.5 Å². The summed E-state index contributed by atoms with van der Waals surface area (Å²) in [5.74, 6) is 0.515. The second kappa shape index (κ2) is 8.50. The predicted octanol–water partition coefficient (Wildman–Crippen LogP) is 2.62. The first-order valence-electron chi connectivity index (χ1n) is 6.46. The van der Waals surface area contributed by atoms with Crippen LogP contribution in [0.3, 0.4) is 0 Å². The molecule has 0 spiro atoms. The molecule has 0 fully saturated rings. The van der Waals surface area contributed by atoms with Crippen molar-refractivity contribution in [1.82, 2.24) is 4.72 Å². The third kappa shape index (κ3) is 6.96. The monoisotopic (exact) mass is 420 g/mol. The molecule has 0 aliphatic rings. The summed E-state index contributed by atoms with van der Waals surface area (Å²) in [5.41, 5.74) is 0.348. The topological polar surface area (TPSA) is 108 Å². The van der Waals surface area contributed by atoms with Gasteiger partial charge < -0.3 is 4.74 Å². The Morgan fingerprint density at radius 2 is 1.83 bits per heavy atom. The molecule has 1 N–H and O–H groups in total. The highest BCUT2D eigenvalue weighted by molar-refractivity contribution is 7.84. The van der Waals surface area contributed by atoms with E-state index in [4.69, 9.17) is 39.5 Å². The number of hydrogen-bond donors (Lipinski definition) is 1. The van der Waals surface area contributed by atoms with E-state index in [0.717, 1.165) is 0 Å². The molecule has 0 heterocycles. The quantitative estimate of drug-likeness (QED) is 0.393. The summed E-state index contributed by atoms with van der Waals surface area (Å²) in [7, 11) is -2.94. The second-order valence-electron chi connectivity index (χ2n) is 4.73. The lowest BCUT2D eigenvalue weighted by molar-refractivity contribution is -0.522. The van der Waals surface area contributed by atoms with Crippen molar-refractivity contribution in [3.05, 3.63) is 39.9 Å². The average Bonchev–Trinajstić information content (AvgIpc) is 2.50. The minimum absolute atomic E-state index is 0.348. The van der Waals surface area contributed by atoms with E-state index in [-0.39, 0.29) is 0 Å². The molecule has 0 saturated carbocycles. The van der Waals surface area contributed by atoms with Crippen LogP contribution < -0.4 is 9.46 Å². The number of benzene rings is 1. The zero-order chi connectivity index (χ0) is 18.5. The van der Waals surface area contributed by atoms with E-state index in [0.29, 0.717) is 11.3 Å². The summed E-state index contributed by atoms with van der Waals surface area (Å²) in [6.07, 6.45) is 0. The normalized spacial score (nSPS) is 14.9. The number of alkyl halides is 3. The highest BCUT2D eigenvalue weighted by Crippen LogP contribution is 2.27. The molecule has 24 heavy (non-hydrogen) atoms. The van der Waals surface area contributed by atoms with Gasteiger partial charge >= 0.3 is 10.3 Å². The van der Waals surface area contributed by atoms with Gasteiger partial charge in [0, 0.05) is 11.8 Å². The standard InChI is InChI=1S/C12H15Cl3N2O6S/c1-8(17(18)19)11(9-3-5-10(22-2)6-4-9)16-24(20,21)23-7-12(13,14)15/h3-6,8,11,16H,7H2,1-2H3/t8-,11-/m0/s1. The molecule has 0 radical (unpaired) electrons. The van der Waals surface area contributed by atoms with Gasteiger partial charge in [0.15, 0.2) is 0 Å². The van der Waals surface area contributed by atoms with Crippen molar-refractivity contribution < 1.29 is 22.3 Å². The van der Waals surface area contributed by atoms with Crippen LogP contribution in [0.25, 0.3) is 0 Å². The van der Waals surface area contributed by atoms with Gasteiger partial charge in [0.1, 0.15) is 18.4 Å². The van der Waals surface area contributed by atoms with Crippen LogP contribution >= 0.6 is 34.8 Å². The molecule has 0 amide bonds. The fourth-order valence-corrected chi connectivity index (χ4v) is 3.11. The van der Waals surface area contributed by atoms with E-state index in [1.165, 1.54) is 26.2 Å². The Bertz CT molecular complexity index is 662. The van der Waals surface area contributed by atoms with Crippen molar-refractivity contribution in [2.75, 3.05) is 13.7 Å². The molecular formula is C12H15Cl3N2O6S. The summed E-state index contributed by atoms with van der Waals surface area (Å²) in [6.45, 7) is 0.515. The maximum atomic E-state index is 12.0. The van der Waals surface area contributed by atoms with Gasteiger partial charge in [-0.1, -0.05) is 46.9 Å². The van der Waals surface area contributed by atoms with E-state index < -0.39 is 37.7 Å². The molecule has 12 heteroatoms. The van der Waals surface area contributed by atoms with E-state index in [1.807, 2.05) is 0 Å². The Morgan fingerprint density at radius 1 is 1.29 bits per heavy atom. The zero-order valence-electron chi connectivity index (χ0n) is 12.6. The summed E-state index contributed by atoms with van der Waals surface area (Å²) in [6, 6.07) is 3.63. The fraction of sp³-hybridized carbons (Fsp3) is 0.500. The Balaban J connectivity index is 3.03. The number of nitrogens with zero attached hydrogens (tertiary/aromatic N) is 1. The zero-order valence-corrected chi connectivity index (χ0v) is 15.7. The summed E-state index contributed by atoms with van der Waals surface area (Å²) in [5, 5.41) is 11.1. The van der Waals surface area contributed by atoms with Crippen LogP contribution in [-0.4, -0.2) is 36.9 Å². The maximum Gasteiger partial charge on any atom is 0.336 e. The lowest BCUT2D eigenvalue weighted by Gasteiger charge is -2.21. The summed E-state index contributed by atoms with van der Waals surface area (Å²) in [4.78, 5) is 10.5. The van der Waals surface area contributed by atoms with Gasteiger partial charge in [-0.05, 0) is 17.7 Å². The average molecular weight is 422 g/mol. The third-order valence-electron chi connectivity index (χ3n) is 2.94. The van der Waals surface area contributed by atoms with E-state index in [9.17, 15) is 18.5 Å². The lowest BCUT2D eigenvalue weighted by Crippen LogP contribution is -2.40. The summed E-state index contributed by atoms with van der Waals surface area (Å²) >= 11 is 16.3. The molecule has 8 nitrogen and oxygen atoms in total. The molecule has 0 saturated heterocycles. The first-order valence-corrected chi connectivity index (χ1v) is 9.00. The molecule has 1 aromatic rings. The summed E-state index contributed by atoms with van der Waals surface area (Å²) < 4.78 is 33.6. The number of ether oxygens (including phenoxy) is 1. The second-order valence-corrected chi connectivity index (χ2v) is 8.62. The highest BCUT2D eigenvalue weighted by atomic mass is 35.6. The van der Waals surface area contributed by atoms with Crippen molar-refractivity contribution >= 4 is 45.1 Å². The van der Waals surface area contributed by atoms with E-state index in [2.05, 4.69) is 8.91 Å². The minimum atomic E-state index is -4.40. The number of hydrogen-bond acceptors (Lipinski definition) is 6. The Labute approximate surface area is 154 Å². The van der Waals surface area contributed by atoms with E-state index >= 15 is 0 Å². The number of methoxy groups -OCH3 is 1. The largest absolute Gasteiger partial charge is 0.497 e. The van der Waals surface area contributed by atoms with Gasteiger partial charge in [0.25, 0.3) is 0 Å². The number of halogens is 3. The van der Waals surface area contributed by atoms with Gasteiger partial charge in [-0.15, -0.1) is 0 Å². The van der Waals surface area contributed by atoms with Crippen molar-refractivity contribution in [2.45, 2.75) is 22.8 Å². The van der Waals surface area contributed by atoms with Crippen LogP contribution in [0.4, 0.5) is 0 Å². The SMILES string of the molecule is COc1ccc([C@@H](NS(=O)(=O)OCC(Cl)(Cl)Cl)[C@H](C)[N+](=O)[O-])cc1. The number of nitrogens with one attached hydrogen (secondary N) is 1. The molecule has 1 aromatic carbocycles. The van der Waals surface area contributed by atoms with Gasteiger partial charge in [-0.2, -0.15) is 13.1 Å². The molecule has 0 aromatic heterocycles. The van der Waals surface area contributed by atoms with Crippen molar-refractivity contribution in [3.8, 4) is 5.75 Å². The highest BCUT2D eigenvalue weighted by Gasteiger charge is 2.34. The van der Waals surface area contributed by atoms with Crippen LogP contribution in [0.2, 0.25) is 0 Å². The van der Waals surface area contributed by atoms with Gasteiger partial charge in [0.2, 0.25) is 9.83 Å². The first-order chi connectivity index (χ1) is 10.9. The molecule has 0 aliphatic carbocycles. The molecule has 0 bridgehead atoms. The van der Waals surface area contributed by atoms with Crippen LogP contribution in [0.15, 0.2) is 24.3 Å². The van der Waals surface area contributed by atoms with Crippen molar-refractivity contribution in [2.24, 2.45) is 0 Å². The molecule has 1 rings (SSSR count). The molecule has 0 unspecified atom stereocenters. The molecule has 136 valence electrons. The lowest BCUT2D eigenvalue weighted by atomic mass is 10.0. The first kappa shape index (κ1) is 21.2. The predicted molar refractivity (Wildman–Crippen MR) is 90.5 cm³/mol. The van der Waals surface area contributed by atoms with Gasteiger partial charge in [-0.3, -0.25) is 14.3 Å². The maximum absolute atomic E-state index is 12.0. The molecule has 0 aliphatic heterocycles. The van der Waals surface area contributed by atoms with Gasteiger partial charge in [0.05, 0.1) is 7.11 Å².